The van der Waals surface area contributed by atoms with Crippen LogP contribution in [0.25, 0.3) is 0 Å². The van der Waals surface area contributed by atoms with Gasteiger partial charge in [-0.25, -0.2) is 9.10 Å². The van der Waals surface area contributed by atoms with Gasteiger partial charge in [0.1, 0.15) is 0 Å². The molecular weight excluding hydrogens is 194 g/mol. The zero-order valence-electron chi connectivity index (χ0n) is 7.24. The maximum Gasteiger partial charge on any atom is 0.335 e. The molecule has 0 aliphatic carbocycles. The van der Waals surface area contributed by atoms with Crippen LogP contribution in [0.3, 0.4) is 0 Å². The Hall–Kier alpha value is 0.130. The fourth-order valence-electron chi connectivity index (χ4n) is 1.51. The quantitative estimate of drug-likeness (QED) is 0.710. The van der Waals surface area contributed by atoms with Gasteiger partial charge in [0, 0.05) is 6.54 Å². The first-order valence-corrected chi connectivity index (χ1v) is 6.18. The molecule has 12 heavy (non-hydrogen) atoms. The van der Waals surface area contributed by atoms with Gasteiger partial charge in [0.2, 0.25) is 0 Å². The average Bonchev–Trinajstić information content (AvgIpc) is 2.47. The van der Waals surface area contributed by atoms with Crippen molar-refractivity contribution in [2.45, 2.75) is 17.7 Å². The number of hydrogen-bond acceptors (Lipinski definition) is 4. The van der Waals surface area contributed by atoms with Gasteiger partial charge in [0.15, 0.2) is 4.87 Å². The van der Waals surface area contributed by atoms with Gasteiger partial charge in [-0.2, -0.15) is 0 Å². The van der Waals surface area contributed by atoms with Crippen molar-refractivity contribution in [3.63, 3.8) is 0 Å². The third-order valence-corrected chi connectivity index (χ3v) is 4.50. The van der Waals surface area contributed by atoms with Gasteiger partial charge in [-0.15, -0.1) is 11.8 Å². The number of carboxylic acids is 1. The molecule has 1 N–H and O–H groups in total. The Morgan fingerprint density at radius 3 is 2.58 bits per heavy atom. The van der Waals surface area contributed by atoms with E-state index in [9.17, 15) is 4.79 Å². The van der Waals surface area contributed by atoms with Crippen molar-refractivity contribution in [1.82, 2.24) is 4.31 Å². The van der Waals surface area contributed by atoms with Crippen molar-refractivity contribution in [2.24, 2.45) is 0 Å². The number of thioether (sulfide) groups is 1. The molecule has 1 saturated heterocycles. The number of aliphatic carboxylic acids is 1. The van der Waals surface area contributed by atoms with Gasteiger partial charge >= 0.3 is 5.97 Å². The van der Waals surface area contributed by atoms with E-state index >= 15 is 0 Å². The summed E-state index contributed by atoms with van der Waals surface area (Å²) in [5.41, 5.74) is 0. The highest BCUT2D eigenvalue weighted by Gasteiger charge is 2.47. The predicted molar refractivity (Wildman–Crippen MR) is 53.3 cm³/mol. The molecule has 0 aromatic rings. The standard InChI is InChI=1S/C7H13NO2S2/c1-11-7(6(9)10)4-3-5-8(7)12-2/h3-5H2,1-2H3,(H,9,10). The Bertz CT molecular complexity index is 188. The van der Waals surface area contributed by atoms with Crippen LogP contribution in [0.15, 0.2) is 0 Å². The molecule has 1 unspecified atom stereocenters. The minimum Gasteiger partial charge on any atom is -0.479 e. The third kappa shape index (κ3) is 1.45. The number of hydrogen-bond donors (Lipinski definition) is 1. The van der Waals surface area contributed by atoms with Crippen LogP contribution >= 0.6 is 23.7 Å². The first kappa shape index (κ1) is 10.2. The Morgan fingerprint density at radius 1 is 1.58 bits per heavy atom. The smallest absolute Gasteiger partial charge is 0.335 e. The maximum atomic E-state index is 11.0. The zero-order chi connectivity index (χ0) is 9.19. The van der Waals surface area contributed by atoms with E-state index in [0.717, 1.165) is 19.4 Å². The summed E-state index contributed by atoms with van der Waals surface area (Å²) in [4.78, 5) is 10.4. The second kappa shape index (κ2) is 3.89. The molecule has 1 rings (SSSR count). The second-order valence-electron chi connectivity index (χ2n) is 2.68. The van der Waals surface area contributed by atoms with E-state index in [0.29, 0.717) is 0 Å². The van der Waals surface area contributed by atoms with Crippen LogP contribution in [0.2, 0.25) is 0 Å². The molecule has 0 aromatic carbocycles. The minimum atomic E-state index is -0.707. The van der Waals surface area contributed by atoms with Crippen LogP contribution in [0.4, 0.5) is 0 Å². The monoisotopic (exact) mass is 207 g/mol. The molecule has 0 saturated carbocycles. The van der Waals surface area contributed by atoms with Crippen molar-refractivity contribution in [2.75, 3.05) is 19.1 Å². The third-order valence-electron chi connectivity index (χ3n) is 2.17. The molecule has 1 heterocycles. The molecule has 0 amide bonds. The van der Waals surface area contributed by atoms with Crippen LogP contribution in [0.1, 0.15) is 12.8 Å². The Kier molecular flexibility index (Phi) is 3.31. The summed E-state index contributed by atoms with van der Waals surface area (Å²) in [6.07, 6.45) is 5.53. The van der Waals surface area contributed by atoms with Gasteiger partial charge in [0.05, 0.1) is 0 Å². The molecule has 1 aliphatic heterocycles. The second-order valence-corrected chi connectivity index (χ2v) is 4.57. The normalized spacial score (nSPS) is 30.8. The molecule has 0 spiro atoms. The van der Waals surface area contributed by atoms with Crippen LogP contribution in [-0.4, -0.2) is 39.3 Å². The van der Waals surface area contributed by atoms with Crippen molar-refractivity contribution >= 4 is 29.7 Å². The molecule has 0 aromatic heterocycles. The Labute approximate surface area is 81.0 Å². The van der Waals surface area contributed by atoms with Crippen molar-refractivity contribution in [3.05, 3.63) is 0 Å². The van der Waals surface area contributed by atoms with Gasteiger partial charge < -0.3 is 5.11 Å². The summed E-state index contributed by atoms with van der Waals surface area (Å²) >= 11 is 2.95. The summed E-state index contributed by atoms with van der Waals surface area (Å²) in [5, 5.41) is 9.09. The first-order valence-electron chi connectivity index (χ1n) is 3.77. The zero-order valence-corrected chi connectivity index (χ0v) is 8.87. The highest BCUT2D eigenvalue weighted by atomic mass is 32.2. The van der Waals surface area contributed by atoms with Gasteiger partial charge in [-0.1, -0.05) is 11.9 Å². The molecule has 0 bridgehead atoms. The predicted octanol–water partition coefficient (Wildman–Crippen LogP) is 1.50. The number of carboxylic acid groups (broad SMARTS) is 1. The minimum absolute atomic E-state index is 0.667. The van der Waals surface area contributed by atoms with Crippen LogP contribution in [0, 0.1) is 0 Å². The lowest BCUT2D eigenvalue weighted by Crippen LogP contribution is -2.43. The molecule has 1 atom stereocenters. The lowest BCUT2D eigenvalue weighted by Gasteiger charge is -2.30. The van der Waals surface area contributed by atoms with E-state index in [1.54, 1.807) is 0 Å². The topological polar surface area (TPSA) is 40.5 Å². The van der Waals surface area contributed by atoms with Gasteiger partial charge in [-0.3, -0.25) is 0 Å². The summed E-state index contributed by atoms with van der Waals surface area (Å²) in [6.45, 7) is 0.883. The van der Waals surface area contributed by atoms with Crippen molar-refractivity contribution in [3.8, 4) is 0 Å². The highest BCUT2D eigenvalue weighted by molar-refractivity contribution is 8.02. The molecule has 70 valence electrons. The molecule has 0 radical (unpaired) electrons. The van der Waals surface area contributed by atoms with E-state index in [4.69, 9.17) is 5.11 Å². The Morgan fingerprint density at radius 2 is 2.25 bits per heavy atom. The first-order chi connectivity index (χ1) is 5.67. The summed E-state index contributed by atoms with van der Waals surface area (Å²) < 4.78 is 1.96. The Balaban J connectivity index is 2.83. The molecule has 1 fully saturated rings. The maximum absolute atomic E-state index is 11.0. The van der Waals surface area contributed by atoms with Gasteiger partial charge in [-0.05, 0) is 25.4 Å². The molecule has 3 nitrogen and oxygen atoms in total. The van der Waals surface area contributed by atoms with Crippen LogP contribution in [-0.2, 0) is 4.79 Å². The van der Waals surface area contributed by atoms with Crippen LogP contribution in [0.5, 0.6) is 0 Å². The van der Waals surface area contributed by atoms with E-state index in [1.807, 2.05) is 16.8 Å². The number of nitrogens with zero attached hydrogens (tertiary/aromatic N) is 1. The fraction of sp³-hybridized carbons (Fsp3) is 0.857. The lowest BCUT2D eigenvalue weighted by molar-refractivity contribution is -0.142. The van der Waals surface area contributed by atoms with E-state index in [1.165, 1.54) is 23.7 Å². The number of rotatable bonds is 3. The SMILES string of the molecule is CSN1CCCC1(SC)C(=O)O. The molecule has 5 heteroatoms. The van der Waals surface area contributed by atoms with Crippen molar-refractivity contribution < 1.29 is 9.90 Å². The average molecular weight is 207 g/mol. The largest absolute Gasteiger partial charge is 0.479 e. The molecule has 1 aliphatic rings. The van der Waals surface area contributed by atoms with Crippen molar-refractivity contribution in [1.29, 1.82) is 0 Å². The van der Waals surface area contributed by atoms with E-state index in [-0.39, 0.29) is 0 Å². The molecular formula is C7H13NO2S2. The summed E-state index contributed by atoms with van der Waals surface area (Å²) in [6, 6.07) is 0. The lowest BCUT2D eigenvalue weighted by atomic mass is 10.2. The summed E-state index contributed by atoms with van der Waals surface area (Å²) in [5.74, 6) is -0.707. The number of carbonyl (C=O) groups is 1. The summed E-state index contributed by atoms with van der Waals surface area (Å²) in [7, 11) is 0. The van der Waals surface area contributed by atoms with E-state index < -0.39 is 10.8 Å². The highest BCUT2D eigenvalue weighted by Crippen LogP contribution is 2.41. The fourth-order valence-corrected chi connectivity index (χ4v) is 3.55. The van der Waals surface area contributed by atoms with Crippen LogP contribution < -0.4 is 0 Å². The van der Waals surface area contributed by atoms with Gasteiger partial charge in [0.25, 0.3) is 0 Å². The van der Waals surface area contributed by atoms with E-state index in [2.05, 4.69) is 0 Å².